The number of rotatable bonds is 6. The Labute approximate surface area is 131 Å². The number of carboxylic acids is 2. The van der Waals surface area contributed by atoms with Crippen LogP contribution in [0.5, 0.6) is 17.2 Å². The van der Waals surface area contributed by atoms with Gasteiger partial charge in [-0.1, -0.05) is 18.2 Å². The van der Waals surface area contributed by atoms with Crippen LogP contribution in [0.1, 0.15) is 12.0 Å². The van der Waals surface area contributed by atoms with Gasteiger partial charge in [0.1, 0.15) is 23.7 Å². The van der Waals surface area contributed by atoms with Crippen molar-refractivity contribution in [3.8, 4) is 17.2 Å². The summed E-state index contributed by atoms with van der Waals surface area (Å²) in [5, 5.41) is 37.7. The van der Waals surface area contributed by atoms with Crippen LogP contribution in [-0.4, -0.2) is 32.4 Å². The van der Waals surface area contributed by atoms with E-state index < -0.39 is 24.0 Å². The second kappa shape index (κ2) is 6.27. The molecular formula is C16H14O7. The summed E-state index contributed by atoms with van der Waals surface area (Å²) < 4.78 is 5.44. The van der Waals surface area contributed by atoms with Crippen molar-refractivity contribution in [3.05, 3.63) is 54.1 Å². The Bertz CT molecular complexity index is 741. The Balaban J connectivity index is 2.57. The molecule has 1 atom stereocenters. The number of ether oxygens (including phenoxy) is 1. The van der Waals surface area contributed by atoms with Gasteiger partial charge < -0.3 is 25.2 Å². The highest BCUT2D eigenvalue weighted by molar-refractivity contribution is 5.86. The predicted octanol–water partition coefficient (Wildman–Crippen LogP) is 1.93. The highest BCUT2D eigenvalue weighted by atomic mass is 16.5. The van der Waals surface area contributed by atoms with Crippen molar-refractivity contribution in [2.45, 2.75) is 12.0 Å². The van der Waals surface area contributed by atoms with E-state index in [4.69, 9.17) is 9.84 Å². The van der Waals surface area contributed by atoms with Crippen molar-refractivity contribution in [1.82, 2.24) is 0 Å². The molecular weight excluding hydrogens is 304 g/mol. The van der Waals surface area contributed by atoms with Gasteiger partial charge in [-0.25, -0.2) is 4.79 Å². The van der Waals surface area contributed by atoms with E-state index in [1.165, 1.54) is 42.5 Å². The molecule has 0 amide bonds. The maximum absolute atomic E-state index is 11.8. The van der Waals surface area contributed by atoms with Crippen LogP contribution in [-0.2, 0) is 15.2 Å². The Morgan fingerprint density at radius 2 is 1.57 bits per heavy atom. The summed E-state index contributed by atoms with van der Waals surface area (Å²) >= 11 is 0. The fraction of sp³-hybridized carbons (Fsp3) is 0.125. The smallest absolute Gasteiger partial charge is 0.353 e. The maximum Gasteiger partial charge on any atom is 0.353 e. The average Bonchev–Trinajstić information content (AvgIpc) is 2.45. The van der Waals surface area contributed by atoms with E-state index in [0.29, 0.717) is 0 Å². The van der Waals surface area contributed by atoms with Crippen LogP contribution < -0.4 is 4.74 Å². The molecule has 0 aliphatic carbocycles. The van der Waals surface area contributed by atoms with E-state index in [1.54, 1.807) is 0 Å². The standard InChI is InChI=1S/C16H14O7/c17-11-4-1-3-10(7-11)16(15(21)22,9-14(19)20)23-13-6-2-5-12(18)8-13/h1-8,17-18H,9H2,(H,19,20)(H,21,22). The predicted molar refractivity (Wildman–Crippen MR) is 78.4 cm³/mol. The van der Waals surface area contributed by atoms with Gasteiger partial charge in [0.25, 0.3) is 0 Å². The summed E-state index contributed by atoms with van der Waals surface area (Å²) in [5.74, 6) is -3.33. The first-order chi connectivity index (χ1) is 10.8. The maximum atomic E-state index is 11.8. The molecule has 2 aromatic rings. The number of hydrogen-bond donors (Lipinski definition) is 4. The van der Waals surface area contributed by atoms with Gasteiger partial charge in [0.05, 0.1) is 0 Å². The van der Waals surface area contributed by atoms with Crippen LogP contribution in [0.25, 0.3) is 0 Å². The Morgan fingerprint density at radius 1 is 0.957 bits per heavy atom. The molecule has 2 aromatic carbocycles. The van der Waals surface area contributed by atoms with Crippen molar-refractivity contribution < 1.29 is 34.8 Å². The molecule has 0 spiro atoms. The summed E-state index contributed by atoms with van der Waals surface area (Å²) in [7, 11) is 0. The molecule has 0 saturated heterocycles. The zero-order chi connectivity index (χ0) is 17.0. The molecule has 1 unspecified atom stereocenters. The summed E-state index contributed by atoms with van der Waals surface area (Å²) in [5.41, 5.74) is -2.28. The lowest BCUT2D eigenvalue weighted by Gasteiger charge is -2.29. The van der Waals surface area contributed by atoms with Gasteiger partial charge in [-0.3, -0.25) is 4.79 Å². The zero-order valence-corrected chi connectivity index (χ0v) is 11.8. The quantitative estimate of drug-likeness (QED) is 0.641. The second-order valence-electron chi connectivity index (χ2n) is 4.85. The van der Waals surface area contributed by atoms with Gasteiger partial charge >= 0.3 is 11.9 Å². The normalized spacial score (nSPS) is 13.0. The molecule has 0 aliphatic heterocycles. The molecule has 0 aromatic heterocycles. The third kappa shape index (κ3) is 3.52. The number of aliphatic carboxylic acids is 2. The van der Waals surface area contributed by atoms with E-state index >= 15 is 0 Å². The van der Waals surface area contributed by atoms with Crippen LogP contribution in [0.2, 0.25) is 0 Å². The van der Waals surface area contributed by atoms with Crippen LogP contribution in [0.4, 0.5) is 0 Å². The lowest BCUT2D eigenvalue weighted by atomic mass is 9.89. The van der Waals surface area contributed by atoms with Gasteiger partial charge in [0.2, 0.25) is 5.60 Å². The third-order valence-electron chi connectivity index (χ3n) is 3.17. The van der Waals surface area contributed by atoms with Crippen LogP contribution >= 0.6 is 0 Å². The Hall–Kier alpha value is -3.22. The van der Waals surface area contributed by atoms with E-state index in [-0.39, 0.29) is 22.8 Å². The van der Waals surface area contributed by atoms with Crippen LogP contribution in [0, 0.1) is 0 Å². The molecule has 0 saturated carbocycles. The number of carboxylic acid groups (broad SMARTS) is 2. The molecule has 120 valence electrons. The summed E-state index contributed by atoms with van der Waals surface area (Å²) in [6.07, 6.45) is -0.874. The Kier molecular flexibility index (Phi) is 4.40. The molecule has 0 radical (unpaired) electrons. The molecule has 4 N–H and O–H groups in total. The number of phenolic OH excluding ortho intramolecular Hbond substituents is 2. The van der Waals surface area contributed by atoms with E-state index in [2.05, 4.69) is 0 Å². The first-order valence-corrected chi connectivity index (χ1v) is 6.56. The van der Waals surface area contributed by atoms with Gasteiger partial charge in [-0.15, -0.1) is 0 Å². The van der Waals surface area contributed by atoms with Crippen LogP contribution in [0.15, 0.2) is 48.5 Å². The summed E-state index contributed by atoms with van der Waals surface area (Å²) in [6.45, 7) is 0. The number of hydrogen-bond acceptors (Lipinski definition) is 5. The highest BCUT2D eigenvalue weighted by Gasteiger charge is 2.45. The first kappa shape index (κ1) is 16.2. The summed E-state index contributed by atoms with van der Waals surface area (Å²) in [4.78, 5) is 23.0. The van der Waals surface area contributed by atoms with Crippen molar-refractivity contribution in [2.24, 2.45) is 0 Å². The van der Waals surface area contributed by atoms with Crippen LogP contribution in [0.3, 0.4) is 0 Å². The highest BCUT2D eigenvalue weighted by Crippen LogP contribution is 2.34. The fourth-order valence-corrected chi connectivity index (χ4v) is 2.16. The topological polar surface area (TPSA) is 124 Å². The first-order valence-electron chi connectivity index (χ1n) is 6.56. The molecule has 0 fully saturated rings. The van der Waals surface area contributed by atoms with Gasteiger partial charge in [-0.2, -0.15) is 0 Å². The monoisotopic (exact) mass is 318 g/mol. The molecule has 0 aliphatic rings. The molecule has 2 rings (SSSR count). The van der Waals surface area contributed by atoms with Gasteiger partial charge in [0, 0.05) is 11.6 Å². The minimum atomic E-state index is -2.25. The largest absolute Gasteiger partial charge is 0.508 e. The number of benzene rings is 2. The third-order valence-corrected chi connectivity index (χ3v) is 3.17. The lowest BCUT2D eigenvalue weighted by Crippen LogP contribution is -2.43. The minimum absolute atomic E-state index is 0.0167. The van der Waals surface area contributed by atoms with Gasteiger partial charge in [-0.05, 0) is 24.3 Å². The molecule has 7 nitrogen and oxygen atoms in total. The van der Waals surface area contributed by atoms with Crippen molar-refractivity contribution >= 4 is 11.9 Å². The van der Waals surface area contributed by atoms with Crippen molar-refractivity contribution in [1.29, 1.82) is 0 Å². The number of aromatic hydroxyl groups is 2. The zero-order valence-electron chi connectivity index (χ0n) is 11.8. The van der Waals surface area contributed by atoms with Crippen molar-refractivity contribution in [3.63, 3.8) is 0 Å². The van der Waals surface area contributed by atoms with E-state index in [1.807, 2.05) is 0 Å². The molecule has 23 heavy (non-hydrogen) atoms. The minimum Gasteiger partial charge on any atom is -0.508 e. The van der Waals surface area contributed by atoms with Crippen molar-refractivity contribution in [2.75, 3.05) is 0 Å². The molecule has 7 heteroatoms. The Morgan fingerprint density at radius 3 is 2.09 bits per heavy atom. The molecule has 0 heterocycles. The lowest BCUT2D eigenvalue weighted by molar-refractivity contribution is -0.163. The number of carbonyl (C=O) groups is 2. The SMILES string of the molecule is O=C(O)CC(Oc1cccc(O)c1)(C(=O)O)c1cccc(O)c1. The number of phenols is 2. The van der Waals surface area contributed by atoms with E-state index in [9.17, 15) is 24.9 Å². The average molecular weight is 318 g/mol. The second-order valence-corrected chi connectivity index (χ2v) is 4.85. The fourth-order valence-electron chi connectivity index (χ4n) is 2.16. The summed E-state index contributed by atoms with van der Waals surface area (Å²) in [6, 6.07) is 10.5. The van der Waals surface area contributed by atoms with E-state index in [0.717, 1.165) is 6.07 Å². The van der Waals surface area contributed by atoms with Gasteiger partial charge in [0.15, 0.2) is 0 Å². The molecule has 0 bridgehead atoms.